The Morgan fingerprint density at radius 3 is 1.33 bits per heavy atom. The van der Waals surface area contributed by atoms with E-state index >= 15 is 0 Å². The summed E-state index contributed by atoms with van der Waals surface area (Å²) in [6.07, 6.45) is 0. The van der Waals surface area contributed by atoms with E-state index < -0.39 is 4.75 Å². The van der Waals surface area contributed by atoms with Gasteiger partial charge in [0, 0.05) is 11.3 Å². The molecule has 0 aliphatic rings. The van der Waals surface area contributed by atoms with Gasteiger partial charge in [-0.1, -0.05) is 126 Å². The lowest BCUT2D eigenvalue weighted by Crippen LogP contribution is -2.27. The molecule has 0 aliphatic heterocycles. The van der Waals surface area contributed by atoms with Gasteiger partial charge in [-0.05, 0) is 16.7 Å². The van der Waals surface area contributed by atoms with Gasteiger partial charge in [0.05, 0.1) is 10.5 Å². The third-order valence-electron chi connectivity index (χ3n) is 5.19. The first-order valence-corrected chi connectivity index (χ1v) is 10.9. The van der Waals surface area contributed by atoms with Crippen molar-refractivity contribution in [3.63, 3.8) is 0 Å². The molecule has 0 heterocycles. The van der Waals surface area contributed by atoms with Crippen LogP contribution in [-0.2, 0) is 4.75 Å². The van der Waals surface area contributed by atoms with E-state index in [9.17, 15) is 5.21 Å². The van der Waals surface area contributed by atoms with Gasteiger partial charge in [-0.2, -0.15) is 0 Å². The zero-order valence-electron chi connectivity index (χ0n) is 16.6. The maximum Gasteiger partial charge on any atom is 0.0967 e. The van der Waals surface area contributed by atoms with Crippen LogP contribution in [0.3, 0.4) is 0 Å². The highest BCUT2D eigenvalue weighted by Crippen LogP contribution is 2.48. The third-order valence-corrected chi connectivity index (χ3v) is 6.75. The van der Waals surface area contributed by atoms with Gasteiger partial charge < -0.3 is 5.21 Å². The summed E-state index contributed by atoms with van der Waals surface area (Å²) in [5.41, 5.74) is 5.16. The normalized spacial score (nSPS) is 11.9. The molecule has 0 saturated carbocycles. The lowest BCUT2D eigenvalue weighted by atomic mass is 9.84. The van der Waals surface area contributed by atoms with E-state index in [1.807, 2.05) is 48.5 Å². The van der Waals surface area contributed by atoms with Gasteiger partial charge in [-0.3, -0.25) is 0 Å². The molecule has 0 aliphatic carbocycles. The van der Waals surface area contributed by atoms with Crippen molar-refractivity contribution in [1.82, 2.24) is 0 Å². The molecular formula is C27H23NOS. The van der Waals surface area contributed by atoms with Gasteiger partial charge in [0.25, 0.3) is 0 Å². The maximum atomic E-state index is 9.76. The van der Waals surface area contributed by atoms with Crippen LogP contribution in [0.5, 0.6) is 0 Å². The van der Waals surface area contributed by atoms with E-state index in [0.29, 0.717) is 11.5 Å². The van der Waals surface area contributed by atoms with E-state index in [1.165, 1.54) is 16.7 Å². The molecule has 1 N–H and O–H groups in total. The lowest BCUT2D eigenvalue weighted by Gasteiger charge is -2.35. The second-order valence-electron chi connectivity index (χ2n) is 6.98. The number of benzene rings is 4. The zero-order valence-corrected chi connectivity index (χ0v) is 17.4. The SMILES string of the molecule is O/N=C(/CSC(c1ccccc1)(c1ccccc1)c1ccccc1)c1ccccc1. The number of hydrogen-bond donors (Lipinski definition) is 1. The maximum absolute atomic E-state index is 9.76. The quantitative estimate of drug-likeness (QED) is 0.162. The molecule has 2 nitrogen and oxygen atoms in total. The molecule has 0 unspecified atom stereocenters. The van der Waals surface area contributed by atoms with Crippen LogP contribution in [0.25, 0.3) is 0 Å². The molecule has 0 radical (unpaired) electrons. The van der Waals surface area contributed by atoms with Gasteiger partial charge in [0.2, 0.25) is 0 Å². The summed E-state index contributed by atoms with van der Waals surface area (Å²) in [6, 6.07) is 41.5. The summed E-state index contributed by atoms with van der Waals surface area (Å²) in [5.74, 6) is 0.555. The number of oxime groups is 1. The minimum absolute atomic E-state index is 0.436. The van der Waals surface area contributed by atoms with Crippen molar-refractivity contribution in [2.75, 3.05) is 5.75 Å². The van der Waals surface area contributed by atoms with Gasteiger partial charge in [0.15, 0.2) is 0 Å². The van der Waals surface area contributed by atoms with E-state index in [2.05, 4.69) is 78.0 Å². The molecule has 148 valence electrons. The van der Waals surface area contributed by atoms with E-state index in [1.54, 1.807) is 11.8 Å². The minimum atomic E-state index is -0.436. The third kappa shape index (κ3) is 4.03. The Kier molecular flexibility index (Phi) is 6.31. The number of hydrogen-bond acceptors (Lipinski definition) is 3. The van der Waals surface area contributed by atoms with Crippen molar-refractivity contribution in [1.29, 1.82) is 0 Å². The van der Waals surface area contributed by atoms with Crippen LogP contribution in [-0.4, -0.2) is 16.7 Å². The molecule has 0 atom stereocenters. The Hall–Kier alpha value is -3.30. The lowest BCUT2D eigenvalue weighted by molar-refractivity contribution is 0.319. The summed E-state index contributed by atoms with van der Waals surface area (Å²) in [6.45, 7) is 0. The first-order chi connectivity index (χ1) is 14.8. The first-order valence-electron chi connectivity index (χ1n) is 9.91. The second-order valence-corrected chi connectivity index (χ2v) is 8.17. The van der Waals surface area contributed by atoms with Gasteiger partial charge in [0.1, 0.15) is 0 Å². The standard InChI is InChI=1S/C27H23NOS/c29-28-26(22-13-5-1-6-14-22)21-30-27(23-15-7-2-8-16-23,24-17-9-3-10-18-24)25-19-11-4-12-20-25/h1-20,29H,21H2/b28-26-. The molecule has 0 aromatic heterocycles. The zero-order chi connectivity index (χ0) is 20.7. The van der Waals surface area contributed by atoms with Crippen LogP contribution < -0.4 is 0 Å². The van der Waals surface area contributed by atoms with Crippen LogP contribution in [0.15, 0.2) is 126 Å². The van der Waals surface area contributed by atoms with Crippen molar-refractivity contribution >= 4 is 17.5 Å². The minimum Gasteiger partial charge on any atom is -0.411 e. The Bertz CT molecular complexity index is 984. The predicted octanol–water partition coefficient (Wildman–Crippen LogP) is 6.59. The molecule has 3 heteroatoms. The second kappa shape index (κ2) is 9.47. The molecule has 4 aromatic carbocycles. The number of thioether (sulfide) groups is 1. The van der Waals surface area contributed by atoms with Crippen molar-refractivity contribution in [2.45, 2.75) is 4.75 Å². The monoisotopic (exact) mass is 409 g/mol. The van der Waals surface area contributed by atoms with Gasteiger partial charge in [-0.15, -0.1) is 11.8 Å². The Morgan fingerprint density at radius 1 is 0.600 bits per heavy atom. The van der Waals surface area contributed by atoms with Crippen molar-refractivity contribution < 1.29 is 5.21 Å². The van der Waals surface area contributed by atoms with Crippen LogP contribution in [0.1, 0.15) is 22.3 Å². The molecule has 0 fully saturated rings. The largest absolute Gasteiger partial charge is 0.411 e. The fourth-order valence-electron chi connectivity index (χ4n) is 3.75. The molecular weight excluding hydrogens is 386 g/mol. The molecule has 0 amide bonds. The van der Waals surface area contributed by atoms with Crippen LogP contribution in [0.4, 0.5) is 0 Å². The molecule has 30 heavy (non-hydrogen) atoms. The van der Waals surface area contributed by atoms with Gasteiger partial charge in [-0.25, -0.2) is 0 Å². The fraction of sp³-hybridized carbons (Fsp3) is 0.0741. The predicted molar refractivity (Wildman–Crippen MR) is 126 cm³/mol. The smallest absolute Gasteiger partial charge is 0.0967 e. The number of nitrogens with zero attached hydrogens (tertiary/aromatic N) is 1. The van der Waals surface area contributed by atoms with E-state index in [4.69, 9.17) is 0 Å². The van der Waals surface area contributed by atoms with Gasteiger partial charge >= 0.3 is 0 Å². The molecule has 4 aromatic rings. The Balaban J connectivity index is 1.85. The molecule has 0 saturated heterocycles. The summed E-state index contributed by atoms with van der Waals surface area (Å²) < 4.78 is -0.436. The highest BCUT2D eigenvalue weighted by atomic mass is 32.2. The van der Waals surface area contributed by atoms with Crippen LogP contribution in [0.2, 0.25) is 0 Å². The van der Waals surface area contributed by atoms with Crippen molar-refractivity contribution in [3.8, 4) is 0 Å². The number of rotatable bonds is 7. The van der Waals surface area contributed by atoms with Crippen molar-refractivity contribution in [2.24, 2.45) is 5.16 Å². The fourth-order valence-corrected chi connectivity index (χ4v) is 5.23. The topological polar surface area (TPSA) is 32.6 Å². The highest BCUT2D eigenvalue weighted by Gasteiger charge is 2.37. The molecule has 0 spiro atoms. The highest BCUT2D eigenvalue weighted by molar-refractivity contribution is 8.01. The van der Waals surface area contributed by atoms with Crippen LogP contribution in [0, 0.1) is 0 Å². The average molecular weight is 410 g/mol. The Labute approximate surface area is 181 Å². The average Bonchev–Trinajstić information content (AvgIpc) is 2.84. The molecule has 4 rings (SSSR count). The van der Waals surface area contributed by atoms with E-state index in [0.717, 1.165) is 5.56 Å². The van der Waals surface area contributed by atoms with Crippen molar-refractivity contribution in [3.05, 3.63) is 144 Å². The first kappa shape index (κ1) is 20.0. The Morgan fingerprint density at radius 2 is 0.967 bits per heavy atom. The summed E-state index contributed by atoms with van der Waals surface area (Å²) in [7, 11) is 0. The summed E-state index contributed by atoms with van der Waals surface area (Å²) in [4.78, 5) is 0. The molecule has 0 bridgehead atoms. The summed E-state index contributed by atoms with van der Waals surface area (Å²) in [5, 5.41) is 13.4. The van der Waals surface area contributed by atoms with E-state index in [-0.39, 0.29) is 0 Å². The summed E-state index contributed by atoms with van der Waals surface area (Å²) >= 11 is 1.77. The van der Waals surface area contributed by atoms with Crippen LogP contribution >= 0.6 is 11.8 Å².